The summed E-state index contributed by atoms with van der Waals surface area (Å²) in [5.41, 5.74) is -0.925. The van der Waals surface area contributed by atoms with Gasteiger partial charge >= 0.3 is 5.69 Å². The topological polar surface area (TPSA) is 81.2 Å². The summed E-state index contributed by atoms with van der Waals surface area (Å²) >= 11 is 0. The second kappa shape index (κ2) is 9.18. The molecule has 7 heteroatoms. The van der Waals surface area contributed by atoms with Crippen LogP contribution in [0.1, 0.15) is 78.7 Å². The molecule has 2 rings (SSSR count). The predicted molar refractivity (Wildman–Crippen MR) is 105 cm³/mol. The number of hydrogen-bond acceptors (Lipinski definition) is 4. The van der Waals surface area contributed by atoms with E-state index >= 15 is 0 Å². The number of nitrogens with zero attached hydrogens (tertiary/aromatic N) is 1. The highest BCUT2D eigenvalue weighted by Gasteiger charge is 2.35. The van der Waals surface area contributed by atoms with Crippen LogP contribution in [-0.4, -0.2) is 20.8 Å². The highest BCUT2D eigenvalue weighted by Crippen LogP contribution is 2.45. The molecule has 4 atom stereocenters. The molecule has 0 radical (unpaired) electrons. The average Bonchev–Trinajstić information content (AvgIpc) is 3.03. The van der Waals surface area contributed by atoms with E-state index in [4.69, 9.17) is 4.52 Å². The van der Waals surface area contributed by atoms with Gasteiger partial charge in [-0.15, -0.1) is 0 Å². The van der Waals surface area contributed by atoms with Crippen molar-refractivity contribution < 1.29 is 9.09 Å². The van der Waals surface area contributed by atoms with Crippen molar-refractivity contribution >= 4 is 8.03 Å². The Balaban J connectivity index is 2.01. The monoisotopic (exact) mass is 384 g/mol. The fourth-order valence-corrected chi connectivity index (χ4v) is 5.57. The first kappa shape index (κ1) is 21.2. The normalized spacial score (nSPS) is 23.9. The second-order valence-electron chi connectivity index (χ2n) is 7.79. The Hall–Kier alpha value is -1.13. The molecule has 0 amide bonds. The number of H-pyrrole nitrogens is 1. The molecule has 0 aromatic carbocycles. The quantitative estimate of drug-likeness (QED) is 0.650. The van der Waals surface area contributed by atoms with Gasteiger partial charge in [-0.3, -0.25) is 18.9 Å². The Morgan fingerprint density at radius 2 is 2.00 bits per heavy atom. The summed E-state index contributed by atoms with van der Waals surface area (Å²) in [4.78, 5) is 25.6. The third kappa shape index (κ3) is 5.20. The van der Waals surface area contributed by atoms with E-state index in [-0.39, 0.29) is 28.6 Å². The zero-order valence-electron chi connectivity index (χ0n) is 16.4. The van der Waals surface area contributed by atoms with E-state index in [1.54, 1.807) is 10.8 Å². The zero-order chi connectivity index (χ0) is 19.3. The zero-order valence-corrected chi connectivity index (χ0v) is 17.4. The second-order valence-corrected chi connectivity index (χ2v) is 9.45. The minimum Gasteiger partial charge on any atom is -0.324 e. The van der Waals surface area contributed by atoms with Crippen molar-refractivity contribution in [1.29, 1.82) is 0 Å². The molecule has 2 unspecified atom stereocenters. The maximum Gasteiger partial charge on any atom is 0.328 e. The lowest BCUT2D eigenvalue weighted by atomic mass is 9.89. The molecule has 1 fully saturated rings. The molecule has 0 aliphatic heterocycles. The van der Waals surface area contributed by atoms with Crippen LogP contribution in [0.15, 0.2) is 21.9 Å². The highest BCUT2D eigenvalue weighted by molar-refractivity contribution is 7.40. The number of rotatable bonds is 9. The Kier molecular flexibility index (Phi) is 7.48. The summed E-state index contributed by atoms with van der Waals surface area (Å²) in [5.74, 6) is 0.431. The molecule has 0 bridgehead atoms. The molecule has 0 saturated heterocycles. The van der Waals surface area contributed by atoms with Crippen molar-refractivity contribution in [1.82, 2.24) is 9.55 Å². The van der Waals surface area contributed by atoms with Gasteiger partial charge in [-0.2, -0.15) is 0 Å². The first-order valence-electron chi connectivity index (χ1n) is 9.86. The molecule has 1 aliphatic carbocycles. The van der Waals surface area contributed by atoms with Crippen LogP contribution in [0.25, 0.3) is 0 Å². The number of aromatic amines is 1. The van der Waals surface area contributed by atoms with Crippen LogP contribution in [0, 0.1) is 5.92 Å². The van der Waals surface area contributed by atoms with Crippen molar-refractivity contribution in [3.63, 3.8) is 0 Å². The smallest absolute Gasteiger partial charge is 0.324 e. The van der Waals surface area contributed by atoms with Crippen LogP contribution in [-0.2, 0) is 9.09 Å². The van der Waals surface area contributed by atoms with Gasteiger partial charge in [0.25, 0.3) is 5.56 Å². The average molecular weight is 384 g/mol. The fourth-order valence-electron chi connectivity index (χ4n) is 4.02. The molecule has 1 N–H and O–H groups in total. The lowest BCUT2D eigenvalue weighted by Crippen LogP contribution is -2.31. The van der Waals surface area contributed by atoms with Gasteiger partial charge in [0.05, 0.1) is 5.60 Å². The third-order valence-corrected chi connectivity index (χ3v) is 8.07. The molecule has 148 valence electrons. The van der Waals surface area contributed by atoms with E-state index in [1.807, 2.05) is 0 Å². The maximum atomic E-state index is 12.6. The Bertz CT molecular complexity index is 725. The lowest BCUT2D eigenvalue weighted by molar-refractivity contribution is 0.0641. The van der Waals surface area contributed by atoms with Crippen LogP contribution >= 0.6 is 8.03 Å². The van der Waals surface area contributed by atoms with E-state index in [1.165, 1.54) is 6.07 Å². The Labute approximate surface area is 156 Å². The summed E-state index contributed by atoms with van der Waals surface area (Å²) in [6.07, 6.45) is 7.85. The van der Waals surface area contributed by atoms with E-state index in [0.29, 0.717) is 5.92 Å². The molecule has 26 heavy (non-hydrogen) atoms. The highest BCUT2D eigenvalue weighted by atomic mass is 31.1. The standard InChI is InChI=1S/C19H33N2O4P/c1-5-16(6-2)26(24)25-19(4,7-3)13-14-8-9-15(12-14)21-11-10-17(22)20-18(21)23/h10-11,14-16,26H,5-9,12-13H2,1-4H3,(H,20,22,23)/t14-,15?,19+/m1/s1. The van der Waals surface area contributed by atoms with Crippen LogP contribution in [0.4, 0.5) is 0 Å². The van der Waals surface area contributed by atoms with Crippen molar-refractivity contribution in [2.24, 2.45) is 5.92 Å². The molecule has 1 saturated carbocycles. The van der Waals surface area contributed by atoms with Crippen molar-refractivity contribution in [2.75, 3.05) is 0 Å². The maximum absolute atomic E-state index is 12.6. The first-order chi connectivity index (χ1) is 12.3. The molecular weight excluding hydrogens is 351 g/mol. The molecule has 0 spiro atoms. The first-order valence-corrected chi connectivity index (χ1v) is 11.3. The third-order valence-electron chi connectivity index (χ3n) is 5.89. The van der Waals surface area contributed by atoms with Crippen molar-refractivity contribution in [3.05, 3.63) is 33.1 Å². The summed E-state index contributed by atoms with van der Waals surface area (Å²) in [6, 6.07) is 1.51. The molecule has 1 aromatic rings. The minimum absolute atomic E-state index is 0.113. The molecule has 6 nitrogen and oxygen atoms in total. The molecule has 1 aliphatic rings. The number of nitrogens with one attached hydrogen (secondary N) is 1. The minimum atomic E-state index is -2.06. The molecular formula is C19H33N2O4P. The van der Waals surface area contributed by atoms with Crippen LogP contribution in [0.3, 0.4) is 0 Å². The van der Waals surface area contributed by atoms with Crippen molar-refractivity contribution in [2.45, 2.75) is 89.9 Å². The SMILES string of the molecule is CCC(CC)[PH](=O)O[C@@](C)(CC)C[C@@H]1CCC(n2ccc(=O)[nH]c2=O)C1. The van der Waals surface area contributed by atoms with Gasteiger partial charge < -0.3 is 4.52 Å². The van der Waals surface area contributed by atoms with E-state index < -0.39 is 8.03 Å². The van der Waals surface area contributed by atoms with E-state index in [9.17, 15) is 14.2 Å². The van der Waals surface area contributed by atoms with Gasteiger partial charge in [-0.1, -0.05) is 20.8 Å². The van der Waals surface area contributed by atoms with Gasteiger partial charge in [-0.25, -0.2) is 4.79 Å². The van der Waals surface area contributed by atoms with Gasteiger partial charge in [0.15, 0.2) is 8.03 Å². The van der Waals surface area contributed by atoms with Gasteiger partial charge in [0.2, 0.25) is 0 Å². The summed E-state index contributed by atoms with van der Waals surface area (Å²) in [7, 11) is -2.06. The van der Waals surface area contributed by atoms with Crippen LogP contribution in [0.5, 0.6) is 0 Å². The summed E-state index contributed by atoms with van der Waals surface area (Å²) in [5, 5.41) is 0. The summed E-state index contributed by atoms with van der Waals surface area (Å²) in [6.45, 7) is 8.28. The summed E-state index contributed by atoms with van der Waals surface area (Å²) < 4.78 is 20.3. The van der Waals surface area contributed by atoms with E-state index in [0.717, 1.165) is 44.9 Å². The Morgan fingerprint density at radius 3 is 2.58 bits per heavy atom. The van der Waals surface area contributed by atoms with Crippen LogP contribution in [0.2, 0.25) is 0 Å². The number of aromatic nitrogens is 2. The van der Waals surface area contributed by atoms with Gasteiger partial charge in [-0.05, 0) is 57.8 Å². The van der Waals surface area contributed by atoms with Gasteiger partial charge in [0, 0.05) is 24.0 Å². The van der Waals surface area contributed by atoms with Crippen LogP contribution < -0.4 is 11.2 Å². The molecule has 1 heterocycles. The fraction of sp³-hybridized carbons (Fsp3) is 0.789. The largest absolute Gasteiger partial charge is 0.328 e. The Morgan fingerprint density at radius 1 is 1.31 bits per heavy atom. The lowest BCUT2D eigenvalue weighted by Gasteiger charge is -2.32. The predicted octanol–water partition coefficient (Wildman–Crippen LogP) is 4.12. The van der Waals surface area contributed by atoms with E-state index in [2.05, 4.69) is 32.7 Å². The molecule has 1 aromatic heterocycles. The van der Waals surface area contributed by atoms with Gasteiger partial charge in [0.1, 0.15) is 0 Å². The van der Waals surface area contributed by atoms with Crippen molar-refractivity contribution in [3.8, 4) is 0 Å². The number of hydrogen-bond donors (Lipinski definition) is 1.